The summed E-state index contributed by atoms with van der Waals surface area (Å²) in [6, 6.07) is 0. The average Bonchev–Trinajstić information content (AvgIpc) is 2.28. The van der Waals surface area contributed by atoms with Gasteiger partial charge in [0.25, 0.3) is 0 Å². The molecule has 8 nitrogen and oxygen atoms in total. The predicted molar refractivity (Wildman–Crippen MR) is 86.8 cm³/mol. The number of rotatable bonds is 9. The SMILES string of the molecule is O=P(O)(O)O.O=P(O)(O)O.[CH2-]CCCCCCCCCCC.[H-].[K+].[Na+]. The van der Waals surface area contributed by atoms with Crippen molar-refractivity contribution in [2.45, 2.75) is 71.1 Å². The zero-order valence-corrected chi connectivity index (χ0v) is 22.1. The third-order valence-corrected chi connectivity index (χ3v) is 2.35. The van der Waals surface area contributed by atoms with Gasteiger partial charge in [0.2, 0.25) is 0 Å². The molecule has 140 valence electrons. The summed E-state index contributed by atoms with van der Waals surface area (Å²) in [6.07, 6.45) is 13.9. The summed E-state index contributed by atoms with van der Waals surface area (Å²) < 4.78 is 17.8. The summed E-state index contributed by atoms with van der Waals surface area (Å²) in [7, 11) is -9.28. The Morgan fingerprint density at radius 3 is 1.12 bits per heavy atom. The first-order valence-corrected chi connectivity index (χ1v) is 10.4. The molecule has 0 aromatic carbocycles. The fraction of sp³-hybridized carbons (Fsp3) is 0.917. The van der Waals surface area contributed by atoms with Crippen molar-refractivity contribution in [3.05, 3.63) is 6.92 Å². The Morgan fingerprint density at radius 2 is 0.917 bits per heavy atom. The molecule has 0 saturated heterocycles. The van der Waals surface area contributed by atoms with Gasteiger partial charge < -0.3 is 37.7 Å². The Bertz CT molecular complexity index is 271. The quantitative estimate of drug-likeness (QED) is 0.0983. The summed E-state index contributed by atoms with van der Waals surface area (Å²) in [5, 5.41) is 0. The van der Waals surface area contributed by atoms with Gasteiger partial charge in [-0.25, -0.2) is 9.13 Å². The fourth-order valence-electron chi connectivity index (χ4n) is 1.49. The van der Waals surface area contributed by atoms with Crippen LogP contribution in [0.3, 0.4) is 0 Å². The van der Waals surface area contributed by atoms with Crippen LogP contribution in [0, 0.1) is 6.92 Å². The molecule has 0 aliphatic heterocycles. The van der Waals surface area contributed by atoms with Gasteiger partial charge in [-0.15, -0.1) is 0 Å². The number of hydrogen-bond acceptors (Lipinski definition) is 2. The van der Waals surface area contributed by atoms with E-state index in [-0.39, 0.29) is 82.4 Å². The molecule has 0 saturated carbocycles. The maximum Gasteiger partial charge on any atom is 1.00 e. The van der Waals surface area contributed by atoms with Gasteiger partial charge in [-0.1, -0.05) is 64.7 Å². The molecule has 0 amide bonds. The summed E-state index contributed by atoms with van der Waals surface area (Å²) in [5.74, 6) is 0. The minimum Gasteiger partial charge on any atom is -1.00 e. The fourth-order valence-corrected chi connectivity index (χ4v) is 1.49. The molecule has 0 aliphatic rings. The maximum atomic E-state index is 8.88. The van der Waals surface area contributed by atoms with Crippen LogP contribution in [0.1, 0.15) is 72.6 Å². The minimum absolute atomic E-state index is 0. The van der Waals surface area contributed by atoms with E-state index in [9.17, 15) is 0 Å². The van der Waals surface area contributed by atoms with Crippen LogP contribution in [0.4, 0.5) is 0 Å². The molecule has 0 spiro atoms. The monoisotopic (exact) mass is 428 g/mol. The summed E-state index contributed by atoms with van der Waals surface area (Å²) >= 11 is 0. The van der Waals surface area contributed by atoms with Crippen LogP contribution in [-0.2, 0) is 9.13 Å². The van der Waals surface area contributed by atoms with Crippen LogP contribution >= 0.6 is 15.6 Å². The van der Waals surface area contributed by atoms with E-state index in [4.69, 9.17) is 38.5 Å². The number of unbranched alkanes of at least 4 members (excludes halogenated alkanes) is 9. The molecule has 0 unspecified atom stereocenters. The van der Waals surface area contributed by atoms with Gasteiger partial charge in [0.05, 0.1) is 0 Å². The maximum absolute atomic E-state index is 8.88. The molecule has 6 N–H and O–H groups in total. The first-order valence-electron chi connectivity index (χ1n) is 7.27. The average molecular weight is 428 g/mol. The minimum atomic E-state index is -4.64. The normalized spacial score (nSPS) is 10.2. The van der Waals surface area contributed by atoms with Crippen LogP contribution in [0.15, 0.2) is 0 Å². The second kappa shape index (κ2) is 25.9. The third-order valence-electron chi connectivity index (χ3n) is 2.35. The Balaban J connectivity index is -0.0000000592. The Hall–Kier alpha value is 2.86. The van der Waals surface area contributed by atoms with Crippen molar-refractivity contribution in [1.82, 2.24) is 0 Å². The Labute approximate surface area is 211 Å². The summed E-state index contributed by atoms with van der Waals surface area (Å²) in [4.78, 5) is 43.1. The first-order chi connectivity index (χ1) is 9.91. The molecule has 0 atom stereocenters. The molecule has 0 bridgehead atoms. The van der Waals surface area contributed by atoms with Crippen molar-refractivity contribution in [3.63, 3.8) is 0 Å². The van der Waals surface area contributed by atoms with Gasteiger partial charge in [-0.2, -0.15) is 6.42 Å². The van der Waals surface area contributed by atoms with Crippen molar-refractivity contribution in [1.29, 1.82) is 0 Å². The Morgan fingerprint density at radius 1 is 0.708 bits per heavy atom. The first kappa shape index (κ1) is 37.6. The van der Waals surface area contributed by atoms with Crippen molar-refractivity contribution in [2.24, 2.45) is 0 Å². The van der Waals surface area contributed by atoms with E-state index >= 15 is 0 Å². The van der Waals surface area contributed by atoms with E-state index in [0.717, 1.165) is 6.42 Å². The van der Waals surface area contributed by atoms with Gasteiger partial charge in [-0.3, -0.25) is 0 Å². The molecular formula is C12H32KNaO8P2. The number of hydrogen-bond donors (Lipinski definition) is 6. The molecule has 0 heterocycles. The van der Waals surface area contributed by atoms with Crippen molar-refractivity contribution < 1.29 is 121 Å². The molecule has 0 aliphatic carbocycles. The van der Waals surface area contributed by atoms with E-state index in [1.54, 1.807) is 0 Å². The molecule has 0 rings (SSSR count). The van der Waals surface area contributed by atoms with E-state index in [1.165, 1.54) is 57.8 Å². The van der Waals surface area contributed by atoms with E-state index < -0.39 is 15.6 Å². The smallest absolute Gasteiger partial charge is 1.00 e. The molecule has 0 fully saturated rings. The number of phosphoric acid groups is 2. The zero-order valence-electron chi connectivity index (χ0n) is 16.2. The van der Waals surface area contributed by atoms with Crippen molar-refractivity contribution >= 4 is 15.6 Å². The van der Waals surface area contributed by atoms with Crippen LogP contribution in [0.2, 0.25) is 0 Å². The second-order valence-corrected chi connectivity index (χ2v) is 6.76. The second-order valence-electron chi connectivity index (χ2n) is 4.71. The third kappa shape index (κ3) is 101. The Kier molecular flexibility index (Phi) is 40.5. The van der Waals surface area contributed by atoms with E-state index in [0.29, 0.717) is 0 Å². The van der Waals surface area contributed by atoms with E-state index in [2.05, 4.69) is 13.8 Å². The van der Waals surface area contributed by atoms with Crippen LogP contribution in [0.5, 0.6) is 0 Å². The molecule has 24 heavy (non-hydrogen) atoms. The van der Waals surface area contributed by atoms with Gasteiger partial charge >= 0.3 is 96.6 Å². The van der Waals surface area contributed by atoms with Crippen LogP contribution in [0.25, 0.3) is 0 Å². The van der Waals surface area contributed by atoms with Crippen molar-refractivity contribution in [2.75, 3.05) is 0 Å². The molecule has 12 heteroatoms. The van der Waals surface area contributed by atoms with Gasteiger partial charge in [-0.05, 0) is 0 Å². The summed E-state index contributed by atoms with van der Waals surface area (Å²) in [6.45, 7) is 6.12. The topological polar surface area (TPSA) is 156 Å². The van der Waals surface area contributed by atoms with Gasteiger partial charge in [0, 0.05) is 0 Å². The zero-order chi connectivity index (χ0) is 18.1. The molecular weight excluding hydrogens is 396 g/mol. The molecule has 0 aromatic heterocycles. The standard InChI is InChI=1S/C12H25.K.Na.2H3O4P.H/c1-3-5-7-9-11-12-10-8-6-4-2;;;2*1-5(2,3)4;/h1,3-12H2,2H3;;;2*(H3,1,2,3,4);/q-1;2*+1;;;-1. The predicted octanol–water partition coefficient (Wildman–Crippen LogP) is -3.00. The van der Waals surface area contributed by atoms with Gasteiger partial charge in [0.1, 0.15) is 0 Å². The molecule has 0 aromatic rings. The summed E-state index contributed by atoms with van der Waals surface area (Å²) in [5.41, 5.74) is 0. The van der Waals surface area contributed by atoms with Crippen molar-refractivity contribution in [3.8, 4) is 0 Å². The van der Waals surface area contributed by atoms with Gasteiger partial charge in [0.15, 0.2) is 0 Å². The largest absolute Gasteiger partial charge is 1.00 e. The van der Waals surface area contributed by atoms with E-state index in [1.807, 2.05) is 0 Å². The van der Waals surface area contributed by atoms with Crippen LogP contribution < -0.4 is 80.9 Å². The molecule has 0 radical (unpaired) electrons. The van der Waals surface area contributed by atoms with Crippen LogP contribution in [-0.4, -0.2) is 29.4 Å².